The summed E-state index contributed by atoms with van der Waals surface area (Å²) in [5, 5.41) is 10.9. The largest absolute Gasteiger partial charge is 0.280 e. The predicted molar refractivity (Wildman–Crippen MR) is 79.9 cm³/mol. The third kappa shape index (κ3) is 3.50. The molecule has 2 aromatic rings. The highest BCUT2D eigenvalue weighted by Gasteiger charge is 2.21. The standard InChI is InChI=1S/C13H11ClN2O4S/c14-9-10-6-7-12(8-13(10)16(17)18)21(19,20)15-11-4-2-1-3-5-11/h1-8,15H,9H2. The molecule has 0 aliphatic carbocycles. The van der Waals surface area contributed by atoms with Gasteiger partial charge in [0.05, 0.1) is 15.7 Å². The summed E-state index contributed by atoms with van der Waals surface area (Å²) in [7, 11) is -3.89. The third-order valence-corrected chi connectivity index (χ3v) is 4.40. The van der Waals surface area contributed by atoms with Crippen LogP contribution in [0.15, 0.2) is 53.4 Å². The predicted octanol–water partition coefficient (Wildman–Crippen LogP) is 3.13. The number of anilines is 1. The number of hydrogen-bond donors (Lipinski definition) is 1. The number of benzene rings is 2. The molecule has 2 aromatic carbocycles. The Labute approximate surface area is 126 Å². The second kappa shape index (κ2) is 6.11. The molecular formula is C13H11ClN2O4S. The average Bonchev–Trinajstić information content (AvgIpc) is 2.47. The summed E-state index contributed by atoms with van der Waals surface area (Å²) < 4.78 is 26.8. The summed E-state index contributed by atoms with van der Waals surface area (Å²) in [4.78, 5) is 10.1. The van der Waals surface area contributed by atoms with Crippen molar-refractivity contribution in [1.82, 2.24) is 0 Å². The molecule has 0 bridgehead atoms. The Bertz CT molecular complexity index is 763. The lowest BCUT2D eigenvalue weighted by atomic mass is 10.2. The fraction of sp³-hybridized carbons (Fsp3) is 0.0769. The molecule has 0 atom stereocenters. The molecule has 0 aromatic heterocycles. The van der Waals surface area contributed by atoms with E-state index < -0.39 is 14.9 Å². The summed E-state index contributed by atoms with van der Waals surface area (Å²) in [5.74, 6) is -0.0667. The highest BCUT2D eigenvalue weighted by atomic mass is 35.5. The normalized spacial score (nSPS) is 11.1. The van der Waals surface area contributed by atoms with Gasteiger partial charge in [-0.15, -0.1) is 11.6 Å². The van der Waals surface area contributed by atoms with Gasteiger partial charge in [-0.2, -0.15) is 0 Å². The average molecular weight is 327 g/mol. The zero-order valence-electron chi connectivity index (χ0n) is 10.7. The van der Waals surface area contributed by atoms with Crippen molar-refractivity contribution in [2.75, 3.05) is 4.72 Å². The minimum Gasteiger partial charge on any atom is -0.280 e. The van der Waals surface area contributed by atoms with Gasteiger partial charge in [0.1, 0.15) is 0 Å². The molecule has 0 unspecified atom stereocenters. The smallest absolute Gasteiger partial charge is 0.275 e. The monoisotopic (exact) mass is 326 g/mol. The van der Waals surface area contributed by atoms with E-state index >= 15 is 0 Å². The first-order valence-electron chi connectivity index (χ1n) is 5.85. The maximum atomic E-state index is 12.2. The van der Waals surface area contributed by atoms with Crippen LogP contribution in [0.3, 0.4) is 0 Å². The maximum Gasteiger partial charge on any atom is 0.275 e. The van der Waals surface area contributed by atoms with Crippen molar-refractivity contribution in [3.8, 4) is 0 Å². The van der Waals surface area contributed by atoms with Gasteiger partial charge in [-0.05, 0) is 24.3 Å². The Morgan fingerprint density at radius 1 is 1.14 bits per heavy atom. The molecule has 0 saturated carbocycles. The number of alkyl halides is 1. The van der Waals surface area contributed by atoms with Gasteiger partial charge in [-0.3, -0.25) is 14.8 Å². The molecule has 0 heterocycles. The van der Waals surface area contributed by atoms with Crippen molar-refractivity contribution in [1.29, 1.82) is 0 Å². The second-order valence-corrected chi connectivity index (χ2v) is 6.10. The van der Waals surface area contributed by atoms with Crippen LogP contribution in [0.25, 0.3) is 0 Å². The highest BCUT2D eigenvalue weighted by Crippen LogP contribution is 2.25. The van der Waals surface area contributed by atoms with Crippen molar-refractivity contribution in [3.05, 3.63) is 64.2 Å². The molecular weight excluding hydrogens is 316 g/mol. The minimum atomic E-state index is -3.89. The lowest BCUT2D eigenvalue weighted by Gasteiger charge is -2.08. The van der Waals surface area contributed by atoms with Crippen molar-refractivity contribution in [2.24, 2.45) is 0 Å². The van der Waals surface area contributed by atoms with Crippen LogP contribution in [-0.2, 0) is 15.9 Å². The topological polar surface area (TPSA) is 89.3 Å². The first-order chi connectivity index (χ1) is 9.94. The number of sulfonamides is 1. The number of halogens is 1. The molecule has 6 nitrogen and oxygen atoms in total. The van der Waals surface area contributed by atoms with E-state index in [1.54, 1.807) is 30.3 Å². The van der Waals surface area contributed by atoms with Crippen LogP contribution in [0.1, 0.15) is 5.56 Å². The van der Waals surface area contributed by atoms with Crippen molar-refractivity contribution in [3.63, 3.8) is 0 Å². The minimum absolute atomic E-state index is 0.0667. The number of nitrogens with one attached hydrogen (secondary N) is 1. The first kappa shape index (κ1) is 15.3. The van der Waals surface area contributed by atoms with E-state index in [2.05, 4.69) is 4.72 Å². The maximum absolute atomic E-state index is 12.2. The van der Waals surface area contributed by atoms with Gasteiger partial charge in [0, 0.05) is 17.3 Å². The van der Waals surface area contributed by atoms with Crippen molar-refractivity contribution >= 4 is 33.0 Å². The van der Waals surface area contributed by atoms with Crippen LogP contribution in [0.2, 0.25) is 0 Å². The third-order valence-electron chi connectivity index (χ3n) is 2.73. The number of nitro benzene ring substituents is 1. The lowest BCUT2D eigenvalue weighted by molar-refractivity contribution is -0.385. The van der Waals surface area contributed by atoms with Crippen LogP contribution in [0.4, 0.5) is 11.4 Å². The molecule has 0 aliphatic heterocycles. The van der Waals surface area contributed by atoms with E-state index in [0.29, 0.717) is 5.69 Å². The van der Waals surface area contributed by atoms with Crippen LogP contribution in [-0.4, -0.2) is 13.3 Å². The van der Waals surface area contributed by atoms with E-state index in [1.807, 2.05) is 0 Å². The summed E-state index contributed by atoms with van der Waals surface area (Å²) in [6, 6.07) is 11.9. The number of rotatable bonds is 5. The zero-order valence-corrected chi connectivity index (χ0v) is 12.3. The van der Waals surface area contributed by atoms with E-state index in [4.69, 9.17) is 11.6 Å². The van der Waals surface area contributed by atoms with E-state index in [0.717, 1.165) is 6.07 Å². The van der Waals surface area contributed by atoms with Crippen LogP contribution >= 0.6 is 11.6 Å². The van der Waals surface area contributed by atoms with E-state index in [1.165, 1.54) is 12.1 Å². The number of para-hydroxylation sites is 1. The Balaban J connectivity index is 2.41. The zero-order chi connectivity index (χ0) is 15.5. The van der Waals surface area contributed by atoms with Gasteiger partial charge in [0.2, 0.25) is 0 Å². The summed E-state index contributed by atoms with van der Waals surface area (Å²) >= 11 is 5.60. The fourth-order valence-electron chi connectivity index (χ4n) is 1.71. The van der Waals surface area contributed by atoms with Gasteiger partial charge in [0.15, 0.2) is 0 Å². The highest BCUT2D eigenvalue weighted by molar-refractivity contribution is 7.92. The van der Waals surface area contributed by atoms with Gasteiger partial charge < -0.3 is 0 Å². The Kier molecular flexibility index (Phi) is 4.44. The van der Waals surface area contributed by atoms with Gasteiger partial charge in [0.25, 0.3) is 15.7 Å². The Morgan fingerprint density at radius 2 is 1.81 bits per heavy atom. The van der Waals surface area contributed by atoms with E-state index in [9.17, 15) is 18.5 Å². The second-order valence-electron chi connectivity index (χ2n) is 4.15. The van der Waals surface area contributed by atoms with Gasteiger partial charge >= 0.3 is 0 Å². The molecule has 0 fully saturated rings. The molecule has 0 spiro atoms. The molecule has 0 saturated heterocycles. The first-order valence-corrected chi connectivity index (χ1v) is 7.87. The summed E-state index contributed by atoms with van der Waals surface area (Å²) in [6.07, 6.45) is 0. The number of nitro groups is 1. The summed E-state index contributed by atoms with van der Waals surface area (Å²) in [6.45, 7) is 0. The molecule has 2 rings (SSSR count). The molecule has 8 heteroatoms. The van der Waals surface area contributed by atoms with Crippen LogP contribution in [0.5, 0.6) is 0 Å². The lowest BCUT2D eigenvalue weighted by Crippen LogP contribution is -2.13. The molecule has 1 N–H and O–H groups in total. The number of hydrogen-bond acceptors (Lipinski definition) is 4. The van der Waals surface area contributed by atoms with Gasteiger partial charge in [-0.1, -0.05) is 18.2 Å². The van der Waals surface area contributed by atoms with Crippen LogP contribution < -0.4 is 4.72 Å². The van der Waals surface area contributed by atoms with Crippen molar-refractivity contribution < 1.29 is 13.3 Å². The molecule has 110 valence electrons. The Morgan fingerprint density at radius 3 is 2.38 bits per heavy atom. The van der Waals surface area contributed by atoms with Gasteiger partial charge in [-0.25, -0.2) is 8.42 Å². The molecule has 0 amide bonds. The number of nitrogens with zero attached hydrogens (tertiary/aromatic N) is 1. The molecule has 21 heavy (non-hydrogen) atoms. The quantitative estimate of drug-likeness (QED) is 0.519. The molecule has 0 aliphatic rings. The molecule has 0 radical (unpaired) electrons. The van der Waals surface area contributed by atoms with Crippen molar-refractivity contribution in [2.45, 2.75) is 10.8 Å². The SMILES string of the molecule is O=[N+]([O-])c1cc(S(=O)(=O)Nc2ccccc2)ccc1CCl. The Hall–Kier alpha value is -2.12. The summed E-state index contributed by atoms with van der Waals surface area (Å²) in [5.41, 5.74) is 0.322. The fourth-order valence-corrected chi connectivity index (χ4v) is 3.02. The van der Waals surface area contributed by atoms with E-state index in [-0.39, 0.29) is 22.0 Å². The van der Waals surface area contributed by atoms with Crippen LogP contribution in [0, 0.1) is 10.1 Å².